The third kappa shape index (κ3) is 5.56. The summed E-state index contributed by atoms with van der Waals surface area (Å²) in [7, 11) is 3.53. The van der Waals surface area contributed by atoms with E-state index < -0.39 is 0 Å². The highest BCUT2D eigenvalue weighted by atomic mass is 35.5. The molecule has 1 aromatic rings. The summed E-state index contributed by atoms with van der Waals surface area (Å²) in [5.41, 5.74) is 0.596. The van der Waals surface area contributed by atoms with Gasteiger partial charge in [-0.25, -0.2) is 0 Å². The molecule has 0 aliphatic heterocycles. The van der Waals surface area contributed by atoms with E-state index in [1.54, 1.807) is 25.3 Å². The second kappa shape index (κ2) is 8.25. The Morgan fingerprint density at radius 1 is 1.38 bits per heavy atom. The number of likely N-dealkylation sites (N-methyl/N-ethyl adjacent to an activating group) is 1. The molecule has 1 aromatic carbocycles. The Morgan fingerprint density at radius 3 is 2.62 bits per heavy atom. The van der Waals surface area contributed by atoms with Gasteiger partial charge >= 0.3 is 0 Å². The van der Waals surface area contributed by atoms with Crippen LogP contribution in [-0.2, 0) is 4.79 Å². The van der Waals surface area contributed by atoms with Gasteiger partial charge < -0.3 is 10.1 Å². The molecule has 1 unspecified atom stereocenters. The van der Waals surface area contributed by atoms with Crippen LogP contribution in [0.3, 0.4) is 0 Å². The molecule has 0 aliphatic carbocycles. The minimum atomic E-state index is -0.215. The lowest BCUT2D eigenvalue weighted by molar-refractivity contribution is -0.120. The number of ether oxygens (including phenoxy) is 1. The van der Waals surface area contributed by atoms with Crippen LogP contribution in [0, 0.1) is 5.92 Å². The van der Waals surface area contributed by atoms with E-state index in [9.17, 15) is 4.79 Å². The summed E-state index contributed by atoms with van der Waals surface area (Å²) >= 11 is 5.97. The van der Waals surface area contributed by atoms with Crippen molar-refractivity contribution in [3.8, 4) is 5.75 Å². The van der Waals surface area contributed by atoms with Crippen LogP contribution in [0.25, 0.3) is 0 Å². The molecule has 0 saturated heterocycles. The van der Waals surface area contributed by atoms with Crippen LogP contribution in [-0.4, -0.2) is 37.6 Å². The van der Waals surface area contributed by atoms with Gasteiger partial charge in [-0.15, -0.1) is 0 Å². The van der Waals surface area contributed by atoms with Crippen molar-refractivity contribution >= 4 is 23.2 Å². The number of methoxy groups -OCH3 is 1. The van der Waals surface area contributed by atoms with Crippen LogP contribution in [0.2, 0.25) is 5.02 Å². The number of rotatable bonds is 7. The highest BCUT2D eigenvalue weighted by molar-refractivity contribution is 6.31. The maximum atomic E-state index is 12.3. The summed E-state index contributed by atoms with van der Waals surface area (Å²) in [4.78, 5) is 14.4. The smallest absolute Gasteiger partial charge is 0.241 e. The van der Waals surface area contributed by atoms with Gasteiger partial charge in [-0.3, -0.25) is 9.69 Å². The molecule has 1 rings (SSSR count). The van der Waals surface area contributed by atoms with Gasteiger partial charge in [0.2, 0.25) is 5.91 Å². The number of hydrogen-bond donors (Lipinski definition) is 1. The Morgan fingerprint density at radius 2 is 2.05 bits per heavy atom. The van der Waals surface area contributed by atoms with Crippen LogP contribution in [0.1, 0.15) is 27.2 Å². The lowest BCUT2D eigenvalue weighted by Gasteiger charge is -2.25. The zero-order chi connectivity index (χ0) is 16.0. The molecule has 0 radical (unpaired) electrons. The minimum absolute atomic E-state index is 0.0678. The monoisotopic (exact) mass is 312 g/mol. The Balaban J connectivity index is 2.69. The first-order valence-corrected chi connectivity index (χ1v) is 7.57. The van der Waals surface area contributed by atoms with Gasteiger partial charge in [0.1, 0.15) is 5.75 Å². The van der Waals surface area contributed by atoms with E-state index in [2.05, 4.69) is 19.2 Å². The lowest BCUT2D eigenvalue weighted by atomic mass is 10.1. The third-order valence-corrected chi connectivity index (χ3v) is 3.75. The van der Waals surface area contributed by atoms with Gasteiger partial charge in [0, 0.05) is 5.02 Å². The molecular formula is C16H25ClN2O2. The standard InChI is InChI=1S/C16H25ClN2O2/c1-11(2)8-9-19(4)12(3)16(20)18-14-10-13(17)6-7-15(14)21-5/h6-7,10-12H,8-9H2,1-5H3,(H,18,20). The van der Waals surface area contributed by atoms with Crippen molar-refractivity contribution in [3.63, 3.8) is 0 Å². The number of halogens is 1. The molecule has 1 N–H and O–H groups in total. The second-order valence-corrected chi connectivity index (χ2v) is 6.11. The number of anilines is 1. The molecule has 5 heteroatoms. The Kier molecular flexibility index (Phi) is 6.99. The van der Waals surface area contributed by atoms with Crippen molar-refractivity contribution in [2.24, 2.45) is 5.92 Å². The average molecular weight is 313 g/mol. The van der Waals surface area contributed by atoms with E-state index in [1.165, 1.54) is 0 Å². The summed E-state index contributed by atoms with van der Waals surface area (Å²) in [5.74, 6) is 1.15. The molecule has 1 amide bonds. The quantitative estimate of drug-likeness (QED) is 0.835. The first-order chi connectivity index (χ1) is 9.85. The number of carbonyl (C=O) groups is 1. The number of amides is 1. The zero-order valence-corrected chi connectivity index (χ0v) is 14.2. The summed E-state index contributed by atoms with van der Waals surface area (Å²) in [6, 6.07) is 4.95. The van der Waals surface area contributed by atoms with E-state index in [0.29, 0.717) is 22.4 Å². The summed E-state index contributed by atoms with van der Waals surface area (Å²) in [5, 5.41) is 3.44. The Hall–Kier alpha value is -1.26. The van der Waals surface area contributed by atoms with Crippen molar-refractivity contribution in [1.82, 2.24) is 4.90 Å². The van der Waals surface area contributed by atoms with Crippen LogP contribution in [0.4, 0.5) is 5.69 Å². The number of hydrogen-bond acceptors (Lipinski definition) is 3. The van der Waals surface area contributed by atoms with Crippen molar-refractivity contribution < 1.29 is 9.53 Å². The van der Waals surface area contributed by atoms with Crippen molar-refractivity contribution in [2.45, 2.75) is 33.2 Å². The SMILES string of the molecule is COc1ccc(Cl)cc1NC(=O)C(C)N(C)CCC(C)C. The summed E-state index contributed by atoms with van der Waals surface area (Å²) < 4.78 is 5.23. The fourth-order valence-electron chi connectivity index (χ4n) is 1.87. The zero-order valence-electron chi connectivity index (χ0n) is 13.4. The Bertz CT molecular complexity index is 477. The van der Waals surface area contributed by atoms with E-state index in [4.69, 9.17) is 16.3 Å². The molecule has 1 atom stereocenters. The highest BCUT2D eigenvalue weighted by Crippen LogP contribution is 2.27. The molecule has 4 nitrogen and oxygen atoms in total. The van der Waals surface area contributed by atoms with Crippen molar-refractivity contribution in [2.75, 3.05) is 26.0 Å². The van der Waals surface area contributed by atoms with Crippen LogP contribution < -0.4 is 10.1 Å². The topological polar surface area (TPSA) is 41.6 Å². The molecule has 0 saturated carbocycles. The normalized spacial score (nSPS) is 12.6. The molecule has 21 heavy (non-hydrogen) atoms. The lowest BCUT2D eigenvalue weighted by Crippen LogP contribution is -2.40. The van der Waals surface area contributed by atoms with E-state index in [0.717, 1.165) is 13.0 Å². The first kappa shape index (κ1) is 17.8. The van der Waals surface area contributed by atoms with E-state index in [1.807, 2.05) is 18.9 Å². The fourth-order valence-corrected chi connectivity index (χ4v) is 2.04. The maximum absolute atomic E-state index is 12.3. The largest absolute Gasteiger partial charge is 0.495 e. The molecule has 0 heterocycles. The summed E-state index contributed by atoms with van der Waals surface area (Å²) in [6.45, 7) is 7.14. The van der Waals surface area contributed by atoms with Gasteiger partial charge in [0.25, 0.3) is 0 Å². The van der Waals surface area contributed by atoms with Crippen molar-refractivity contribution in [3.05, 3.63) is 23.2 Å². The molecular weight excluding hydrogens is 288 g/mol. The maximum Gasteiger partial charge on any atom is 0.241 e. The van der Waals surface area contributed by atoms with Gasteiger partial charge in [0.05, 0.1) is 18.8 Å². The number of nitrogens with one attached hydrogen (secondary N) is 1. The van der Waals surface area contributed by atoms with E-state index >= 15 is 0 Å². The molecule has 0 fully saturated rings. The number of nitrogens with zero attached hydrogens (tertiary/aromatic N) is 1. The van der Waals surface area contributed by atoms with Crippen LogP contribution >= 0.6 is 11.6 Å². The summed E-state index contributed by atoms with van der Waals surface area (Å²) in [6.07, 6.45) is 1.06. The number of carbonyl (C=O) groups excluding carboxylic acids is 1. The molecule has 0 spiro atoms. The van der Waals surface area contributed by atoms with Gasteiger partial charge in [-0.05, 0) is 51.1 Å². The van der Waals surface area contributed by atoms with Crippen molar-refractivity contribution in [1.29, 1.82) is 0 Å². The second-order valence-electron chi connectivity index (χ2n) is 5.67. The highest BCUT2D eigenvalue weighted by Gasteiger charge is 2.19. The third-order valence-electron chi connectivity index (χ3n) is 3.52. The fraction of sp³-hybridized carbons (Fsp3) is 0.562. The van der Waals surface area contributed by atoms with Gasteiger partial charge in [-0.2, -0.15) is 0 Å². The number of benzene rings is 1. The predicted octanol–water partition coefficient (Wildman–Crippen LogP) is 3.65. The Labute approximate surface area is 132 Å². The van der Waals surface area contributed by atoms with E-state index in [-0.39, 0.29) is 11.9 Å². The van der Waals surface area contributed by atoms with Gasteiger partial charge in [0.15, 0.2) is 0 Å². The van der Waals surface area contributed by atoms with Gasteiger partial charge in [-0.1, -0.05) is 25.4 Å². The molecule has 118 valence electrons. The molecule has 0 bridgehead atoms. The predicted molar refractivity (Wildman–Crippen MR) is 88.2 cm³/mol. The van der Waals surface area contributed by atoms with Crippen LogP contribution in [0.15, 0.2) is 18.2 Å². The average Bonchev–Trinajstić information content (AvgIpc) is 2.44. The molecule has 0 aromatic heterocycles. The van der Waals surface area contributed by atoms with Crippen LogP contribution in [0.5, 0.6) is 5.75 Å². The molecule has 0 aliphatic rings. The minimum Gasteiger partial charge on any atom is -0.495 e. The first-order valence-electron chi connectivity index (χ1n) is 7.19.